The molecular formula is C10H20N4O2. The van der Waals surface area contributed by atoms with Crippen LogP contribution in [-0.4, -0.2) is 43.5 Å². The van der Waals surface area contributed by atoms with Gasteiger partial charge in [-0.3, -0.25) is 0 Å². The first-order valence-corrected chi connectivity index (χ1v) is 5.38. The van der Waals surface area contributed by atoms with Crippen molar-refractivity contribution in [2.75, 3.05) is 6.61 Å². The number of aromatic nitrogens is 3. The van der Waals surface area contributed by atoms with Gasteiger partial charge in [0.2, 0.25) is 0 Å². The van der Waals surface area contributed by atoms with E-state index in [0.29, 0.717) is 13.1 Å². The van der Waals surface area contributed by atoms with Gasteiger partial charge in [-0.15, -0.1) is 5.10 Å². The molecule has 16 heavy (non-hydrogen) atoms. The number of aliphatic hydroxyl groups is 2. The molecule has 1 rings (SSSR count). The monoisotopic (exact) mass is 228 g/mol. The van der Waals surface area contributed by atoms with E-state index in [0.717, 1.165) is 5.69 Å². The summed E-state index contributed by atoms with van der Waals surface area (Å²) >= 11 is 0. The molecule has 0 aromatic carbocycles. The highest BCUT2D eigenvalue weighted by atomic mass is 16.3. The Morgan fingerprint density at radius 1 is 1.56 bits per heavy atom. The van der Waals surface area contributed by atoms with Crippen LogP contribution in [-0.2, 0) is 13.1 Å². The zero-order valence-electron chi connectivity index (χ0n) is 10.0. The van der Waals surface area contributed by atoms with Crippen molar-refractivity contribution in [2.24, 2.45) is 0 Å². The van der Waals surface area contributed by atoms with Crippen LogP contribution < -0.4 is 5.32 Å². The lowest BCUT2D eigenvalue weighted by Crippen LogP contribution is -2.47. The van der Waals surface area contributed by atoms with E-state index in [9.17, 15) is 5.11 Å². The molecule has 1 aromatic heterocycles. The zero-order valence-corrected chi connectivity index (χ0v) is 10.0. The second kappa shape index (κ2) is 5.38. The maximum Gasteiger partial charge on any atom is 0.0965 e. The van der Waals surface area contributed by atoms with Gasteiger partial charge in [0, 0.05) is 18.3 Å². The van der Waals surface area contributed by atoms with Gasteiger partial charge in [0.05, 0.1) is 24.9 Å². The first-order chi connectivity index (χ1) is 7.45. The molecule has 0 fully saturated rings. The molecule has 0 spiro atoms. The Morgan fingerprint density at radius 3 is 2.81 bits per heavy atom. The van der Waals surface area contributed by atoms with E-state index >= 15 is 0 Å². The van der Waals surface area contributed by atoms with Gasteiger partial charge >= 0.3 is 0 Å². The summed E-state index contributed by atoms with van der Waals surface area (Å²) in [5.41, 5.74) is 0.433. The summed E-state index contributed by atoms with van der Waals surface area (Å²) in [7, 11) is 0. The van der Waals surface area contributed by atoms with Crippen molar-refractivity contribution in [3.63, 3.8) is 0 Å². The minimum Gasteiger partial charge on any atom is -0.394 e. The van der Waals surface area contributed by atoms with Crippen molar-refractivity contribution in [1.29, 1.82) is 0 Å². The van der Waals surface area contributed by atoms with Crippen LogP contribution in [0.3, 0.4) is 0 Å². The smallest absolute Gasteiger partial charge is 0.0965 e. The normalized spacial score (nSPS) is 14.1. The fourth-order valence-electron chi connectivity index (χ4n) is 1.10. The van der Waals surface area contributed by atoms with Crippen LogP contribution in [0.15, 0.2) is 6.20 Å². The molecular weight excluding hydrogens is 208 g/mol. The summed E-state index contributed by atoms with van der Waals surface area (Å²) in [5.74, 6) is 0. The topological polar surface area (TPSA) is 83.2 Å². The van der Waals surface area contributed by atoms with Gasteiger partial charge in [-0.05, 0) is 20.8 Å². The maximum absolute atomic E-state index is 9.51. The Morgan fingerprint density at radius 2 is 2.25 bits per heavy atom. The molecule has 6 heteroatoms. The van der Waals surface area contributed by atoms with Crippen molar-refractivity contribution in [3.05, 3.63) is 11.9 Å². The first-order valence-electron chi connectivity index (χ1n) is 5.38. The molecule has 1 unspecified atom stereocenters. The van der Waals surface area contributed by atoms with E-state index in [1.807, 2.05) is 13.8 Å². The Kier molecular flexibility index (Phi) is 4.40. The standard InChI is InChI=1S/C10H20N4O2/c1-8(16)10(2,3)11-6-9-7-14(4-5-15)13-12-9/h7-8,11,15-16H,4-6H2,1-3H3. The Hall–Kier alpha value is -0.980. The predicted molar refractivity (Wildman–Crippen MR) is 59.7 cm³/mol. The van der Waals surface area contributed by atoms with Crippen LogP contribution >= 0.6 is 0 Å². The molecule has 0 saturated heterocycles. The van der Waals surface area contributed by atoms with Gasteiger partial charge in [-0.25, -0.2) is 4.68 Å². The molecule has 0 radical (unpaired) electrons. The number of nitrogens with zero attached hydrogens (tertiary/aromatic N) is 3. The fraction of sp³-hybridized carbons (Fsp3) is 0.800. The molecule has 1 atom stereocenters. The van der Waals surface area contributed by atoms with E-state index in [-0.39, 0.29) is 12.1 Å². The Balaban J connectivity index is 2.48. The predicted octanol–water partition coefficient (Wildman–Crippen LogP) is -0.481. The molecule has 1 aromatic rings. The second-order valence-corrected chi connectivity index (χ2v) is 4.45. The first kappa shape index (κ1) is 13.1. The van der Waals surface area contributed by atoms with Gasteiger partial charge in [0.1, 0.15) is 0 Å². The Labute approximate surface area is 95.3 Å². The number of hydrogen-bond acceptors (Lipinski definition) is 5. The van der Waals surface area contributed by atoms with Crippen molar-refractivity contribution in [2.45, 2.75) is 45.5 Å². The lowest BCUT2D eigenvalue weighted by atomic mass is 9.99. The van der Waals surface area contributed by atoms with Gasteiger partial charge in [0.15, 0.2) is 0 Å². The summed E-state index contributed by atoms with van der Waals surface area (Å²) < 4.78 is 1.59. The molecule has 6 nitrogen and oxygen atoms in total. The minimum absolute atomic E-state index is 0.0510. The van der Waals surface area contributed by atoms with E-state index < -0.39 is 6.10 Å². The highest BCUT2D eigenvalue weighted by Crippen LogP contribution is 2.09. The third kappa shape index (κ3) is 3.55. The second-order valence-electron chi connectivity index (χ2n) is 4.45. The average Bonchev–Trinajstić information content (AvgIpc) is 2.63. The largest absolute Gasteiger partial charge is 0.394 e. The number of nitrogens with one attached hydrogen (secondary N) is 1. The van der Waals surface area contributed by atoms with Crippen LogP contribution in [0.4, 0.5) is 0 Å². The van der Waals surface area contributed by atoms with E-state index in [1.54, 1.807) is 17.8 Å². The van der Waals surface area contributed by atoms with Crippen LogP contribution in [0.5, 0.6) is 0 Å². The van der Waals surface area contributed by atoms with Crippen molar-refractivity contribution in [1.82, 2.24) is 20.3 Å². The van der Waals surface area contributed by atoms with Gasteiger partial charge in [-0.1, -0.05) is 5.21 Å². The van der Waals surface area contributed by atoms with E-state index in [4.69, 9.17) is 5.11 Å². The lowest BCUT2D eigenvalue weighted by Gasteiger charge is -2.29. The summed E-state index contributed by atoms with van der Waals surface area (Å²) in [6.45, 7) is 6.65. The van der Waals surface area contributed by atoms with Crippen LogP contribution in [0.25, 0.3) is 0 Å². The van der Waals surface area contributed by atoms with Gasteiger partial charge in [0.25, 0.3) is 0 Å². The summed E-state index contributed by atoms with van der Waals surface area (Å²) in [6, 6.07) is 0. The Bertz CT molecular complexity index is 322. The highest BCUT2D eigenvalue weighted by Gasteiger charge is 2.23. The van der Waals surface area contributed by atoms with Crippen LogP contribution in [0.1, 0.15) is 26.5 Å². The van der Waals surface area contributed by atoms with Crippen LogP contribution in [0, 0.1) is 0 Å². The SMILES string of the molecule is CC(O)C(C)(C)NCc1cn(CCO)nn1. The number of rotatable bonds is 6. The molecule has 3 N–H and O–H groups in total. The third-order valence-corrected chi connectivity index (χ3v) is 2.68. The fourth-order valence-corrected chi connectivity index (χ4v) is 1.10. The van der Waals surface area contributed by atoms with E-state index in [1.165, 1.54) is 0 Å². The molecule has 1 heterocycles. The molecule has 92 valence electrons. The lowest BCUT2D eigenvalue weighted by molar-refractivity contribution is 0.0954. The van der Waals surface area contributed by atoms with E-state index in [2.05, 4.69) is 15.6 Å². The molecule has 0 saturated carbocycles. The van der Waals surface area contributed by atoms with Crippen molar-refractivity contribution >= 4 is 0 Å². The quantitative estimate of drug-likeness (QED) is 0.612. The highest BCUT2D eigenvalue weighted by molar-refractivity contribution is 4.94. The molecule has 0 bridgehead atoms. The summed E-state index contributed by atoms with van der Waals surface area (Å²) in [4.78, 5) is 0. The number of hydrogen-bond donors (Lipinski definition) is 3. The van der Waals surface area contributed by atoms with Crippen molar-refractivity contribution < 1.29 is 10.2 Å². The van der Waals surface area contributed by atoms with Crippen LogP contribution in [0.2, 0.25) is 0 Å². The van der Waals surface area contributed by atoms with Gasteiger partial charge < -0.3 is 15.5 Å². The zero-order chi connectivity index (χ0) is 12.2. The average molecular weight is 228 g/mol. The molecule has 0 aliphatic heterocycles. The molecule has 0 aliphatic carbocycles. The summed E-state index contributed by atoms with van der Waals surface area (Å²) in [6.07, 6.45) is 1.33. The third-order valence-electron chi connectivity index (χ3n) is 2.68. The maximum atomic E-state index is 9.51. The molecule has 0 amide bonds. The number of aliphatic hydroxyl groups excluding tert-OH is 2. The molecule has 0 aliphatic rings. The summed E-state index contributed by atoms with van der Waals surface area (Å²) in [5, 5.41) is 29.2. The van der Waals surface area contributed by atoms with Crippen molar-refractivity contribution in [3.8, 4) is 0 Å². The van der Waals surface area contributed by atoms with Gasteiger partial charge in [-0.2, -0.15) is 0 Å². The minimum atomic E-state index is -0.444.